The molecule has 0 aliphatic carbocycles. The molecule has 0 aromatic heterocycles. The third-order valence-corrected chi connectivity index (χ3v) is 1.96. The van der Waals surface area contributed by atoms with Gasteiger partial charge >= 0.3 is 0 Å². The maximum absolute atomic E-state index is 11.5. The van der Waals surface area contributed by atoms with E-state index in [0.717, 1.165) is 0 Å². The molecule has 2 amide bonds. The zero-order chi connectivity index (χ0) is 11.1. The molecule has 0 fully saturated rings. The highest BCUT2D eigenvalue weighted by atomic mass is 16.2. The van der Waals surface area contributed by atoms with Gasteiger partial charge in [0.2, 0.25) is 11.8 Å². The average Bonchev–Trinajstić information content (AvgIpc) is 2.14. The summed E-state index contributed by atoms with van der Waals surface area (Å²) in [7, 11) is 3.26. The molecule has 5 nitrogen and oxygen atoms in total. The number of rotatable bonds is 5. The molecule has 0 saturated carbocycles. The van der Waals surface area contributed by atoms with E-state index in [1.54, 1.807) is 7.05 Å². The standard InChI is InChI=1S/C9H19N3O2/c1-6(2)8(11-4)9(14)12-5-7(13)10-3/h6,8,11H,5H2,1-4H3,(H,10,13)(H,12,14)/t8-/m0/s1. The summed E-state index contributed by atoms with van der Waals surface area (Å²) in [6.45, 7) is 3.92. The Labute approximate surface area is 84.6 Å². The van der Waals surface area contributed by atoms with Crippen LogP contribution in [-0.2, 0) is 9.59 Å². The monoisotopic (exact) mass is 201 g/mol. The summed E-state index contributed by atoms with van der Waals surface area (Å²) >= 11 is 0. The number of likely N-dealkylation sites (N-methyl/N-ethyl adjacent to an activating group) is 2. The third kappa shape index (κ3) is 4.23. The van der Waals surface area contributed by atoms with E-state index in [1.165, 1.54) is 7.05 Å². The van der Waals surface area contributed by atoms with Gasteiger partial charge < -0.3 is 16.0 Å². The predicted molar refractivity (Wildman–Crippen MR) is 54.8 cm³/mol. The second-order valence-corrected chi connectivity index (χ2v) is 3.40. The topological polar surface area (TPSA) is 70.2 Å². The fourth-order valence-corrected chi connectivity index (χ4v) is 1.13. The van der Waals surface area contributed by atoms with Gasteiger partial charge in [-0.3, -0.25) is 9.59 Å². The first-order valence-electron chi connectivity index (χ1n) is 4.68. The van der Waals surface area contributed by atoms with E-state index in [9.17, 15) is 9.59 Å². The lowest BCUT2D eigenvalue weighted by atomic mass is 10.0. The summed E-state index contributed by atoms with van der Waals surface area (Å²) in [6.07, 6.45) is 0. The summed E-state index contributed by atoms with van der Waals surface area (Å²) in [6, 6.07) is -0.250. The predicted octanol–water partition coefficient (Wildman–Crippen LogP) is -0.907. The molecular weight excluding hydrogens is 182 g/mol. The van der Waals surface area contributed by atoms with Crippen molar-refractivity contribution in [3.8, 4) is 0 Å². The maximum atomic E-state index is 11.5. The number of carbonyl (C=O) groups is 2. The van der Waals surface area contributed by atoms with Crippen LogP contribution < -0.4 is 16.0 Å². The molecule has 0 saturated heterocycles. The van der Waals surface area contributed by atoms with Gasteiger partial charge in [-0.25, -0.2) is 0 Å². The summed E-state index contributed by atoms with van der Waals surface area (Å²) in [5.41, 5.74) is 0. The molecule has 1 atom stereocenters. The Balaban J connectivity index is 3.99. The summed E-state index contributed by atoms with van der Waals surface area (Å²) in [5, 5.41) is 7.88. The molecule has 0 bridgehead atoms. The van der Waals surface area contributed by atoms with Crippen LogP contribution in [0.1, 0.15) is 13.8 Å². The van der Waals surface area contributed by atoms with Crippen LogP contribution in [0.25, 0.3) is 0 Å². The molecule has 82 valence electrons. The molecule has 0 aliphatic heterocycles. The second kappa shape index (κ2) is 6.37. The zero-order valence-corrected chi connectivity index (χ0v) is 9.18. The Bertz CT molecular complexity index is 204. The van der Waals surface area contributed by atoms with E-state index in [0.29, 0.717) is 0 Å². The van der Waals surface area contributed by atoms with Gasteiger partial charge in [-0.1, -0.05) is 13.8 Å². The van der Waals surface area contributed by atoms with E-state index >= 15 is 0 Å². The Kier molecular flexibility index (Phi) is 5.87. The van der Waals surface area contributed by atoms with Gasteiger partial charge in [0.1, 0.15) is 0 Å². The third-order valence-electron chi connectivity index (χ3n) is 1.96. The van der Waals surface area contributed by atoms with Crippen molar-refractivity contribution >= 4 is 11.8 Å². The van der Waals surface area contributed by atoms with Crippen LogP contribution in [-0.4, -0.2) is 38.5 Å². The molecule has 14 heavy (non-hydrogen) atoms. The van der Waals surface area contributed by atoms with E-state index in [-0.39, 0.29) is 30.3 Å². The highest BCUT2D eigenvalue weighted by molar-refractivity contribution is 5.87. The van der Waals surface area contributed by atoms with Crippen molar-refractivity contribution < 1.29 is 9.59 Å². The molecule has 3 N–H and O–H groups in total. The maximum Gasteiger partial charge on any atom is 0.239 e. The number of carbonyl (C=O) groups excluding carboxylic acids is 2. The molecule has 0 aromatic rings. The molecule has 0 aliphatic rings. The second-order valence-electron chi connectivity index (χ2n) is 3.40. The largest absolute Gasteiger partial charge is 0.358 e. The fraction of sp³-hybridized carbons (Fsp3) is 0.778. The average molecular weight is 201 g/mol. The first kappa shape index (κ1) is 12.9. The number of nitrogens with one attached hydrogen (secondary N) is 3. The van der Waals surface area contributed by atoms with Crippen molar-refractivity contribution in [3.05, 3.63) is 0 Å². The van der Waals surface area contributed by atoms with Gasteiger partial charge in [0, 0.05) is 7.05 Å². The Morgan fingerprint density at radius 1 is 1.21 bits per heavy atom. The SMILES string of the molecule is CNC(=O)CNC(=O)[C@@H](NC)C(C)C. The molecule has 0 rings (SSSR count). The first-order valence-corrected chi connectivity index (χ1v) is 4.68. The van der Waals surface area contributed by atoms with Gasteiger partial charge in [0.25, 0.3) is 0 Å². The zero-order valence-electron chi connectivity index (χ0n) is 9.18. The number of hydrogen-bond acceptors (Lipinski definition) is 3. The fourth-order valence-electron chi connectivity index (χ4n) is 1.13. The van der Waals surface area contributed by atoms with E-state index in [1.807, 2.05) is 13.8 Å². The molecule has 0 aromatic carbocycles. The van der Waals surface area contributed by atoms with Gasteiger partial charge in [0.05, 0.1) is 12.6 Å². The van der Waals surface area contributed by atoms with Crippen molar-refractivity contribution in [2.24, 2.45) is 5.92 Å². The van der Waals surface area contributed by atoms with Crippen molar-refractivity contribution in [1.29, 1.82) is 0 Å². The van der Waals surface area contributed by atoms with E-state index < -0.39 is 0 Å². The van der Waals surface area contributed by atoms with Gasteiger partial charge in [-0.2, -0.15) is 0 Å². The highest BCUT2D eigenvalue weighted by Gasteiger charge is 2.19. The number of amides is 2. The lowest BCUT2D eigenvalue weighted by Gasteiger charge is -2.18. The van der Waals surface area contributed by atoms with Crippen LogP contribution >= 0.6 is 0 Å². The molecule has 0 spiro atoms. The highest BCUT2D eigenvalue weighted by Crippen LogP contribution is 1.99. The Hall–Kier alpha value is -1.10. The molecule has 0 radical (unpaired) electrons. The van der Waals surface area contributed by atoms with Crippen LogP contribution in [0.5, 0.6) is 0 Å². The van der Waals surface area contributed by atoms with Crippen molar-refractivity contribution in [3.63, 3.8) is 0 Å². The lowest BCUT2D eigenvalue weighted by Crippen LogP contribution is -2.48. The molecule has 5 heteroatoms. The smallest absolute Gasteiger partial charge is 0.239 e. The minimum Gasteiger partial charge on any atom is -0.358 e. The normalized spacial score (nSPS) is 12.4. The molecular formula is C9H19N3O2. The Morgan fingerprint density at radius 3 is 2.14 bits per heavy atom. The van der Waals surface area contributed by atoms with Crippen LogP contribution in [0.4, 0.5) is 0 Å². The van der Waals surface area contributed by atoms with Crippen LogP contribution in [0.15, 0.2) is 0 Å². The summed E-state index contributed by atoms with van der Waals surface area (Å²) < 4.78 is 0. The van der Waals surface area contributed by atoms with Gasteiger partial charge in [0.15, 0.2) is 0 Å². The minimum atomic E-state index is -0.250. The van der Waals surface area contributed by atoms with Crippen molar-refractivity contribution in [1.82, 2.24) is 16.0 Å². The minimum absolute atomic E-state index is 0.0280. The van der Waals surface area contributed by atoms with E-state index in [2.05, 4.69) is 16.0 Å². The quantitative estimate of drug-likeness (QED) is 0.539. The van der Waals surface area contributed by atoms with Crippen LogP contribution in [0.3, 0.4) is 0 Å². The Morgan fingerprint density at radius 2 is 1.79 bits per heavy atom. The lowest BCUT2D eigenvalue weighted by molar-refractivity contribution is -0.127. The van der Waals surface area contributed by atoms with Crippen molar-refractivity contribution in [2.45, 2.75) is 19.9 Å². The van der Waals surface area contributed by atoms with E-state index in [4.69, 9.17) is 0 Å². The van der Waals surface area contributed by atoms with Gasteiger partial charge in [-0.15, -0.1) is 0 Å². The van der Waals surface area contributed by atoms with Crippen LogP contribution in [0, 0.1) is 5.92 Å². The summed E-state index contributed by atoms with van der Waals surface area (Å²) in [4.78, 5) is 22.3. The molecule has 0 unspecified atom stereocenters. The van der Waals surface area contributed by atoms with Gasteiger partial charge in [-0.05, 0) is 13.0 Å². The molecule has 0 heterocycles. The van der Waals surface area contributed by atoms with Crippen LogP contribution in [0.2, 0.25) is 0 Å². The van der Waals surface area contributed by atoms with Crippen molar-refractivity contribution in [2.75, 3.05) is 20.6 Å². The number of hydrogen-bond donors (Lipinski definition) is 3. The first-order chi connectivity index (χ1) is 6.52. The summed E-state index contributed by atoms with van der Waals surface area (Å²) in [5.74, 6) is -0.146.